The number of aliphatic carboxylic acids is 1. The quantitative estimate of drug-likeness (QED) is 0.874. The van der Waals surface area contributed by atoms with Crippen LogP contribution in [0.4, 0.5) is 0 Å². The first-order valence-electron chi connectivity index (χ1n) is 7.37. The molecule has 1 heterocycles. The second-order valence-corrected chi connectivity index (χ2v) is 5.27. The zero-order chi connectivity index (χ0) is 15.2. The molecule has 0 aromatic heterocycles. The van der Waals surface area contributed by atoms with Crippen LogP contribution in [0.25, 0.3) is 0 Å². The summed E-state index contributed by atoms with van der Waals surface area (Å²) in [5, 5.41) is 8.93. The molecule has 2 rings (SSSR count). The monoisotopic (exact) mass is 291 g/mol. The fourth-order valence-electron chi connectivity index (χ4n) is 2.62. The molecule has 1 N–H and O–H groups in total. The normalized spacial score (nSPS) is 17.8. The molecule has 1 aliphatic heterocycles. The number of likely N-dealkylation sites (tertiary alicyclic amines) is 1. The minimum absolute atomic E-state index is 0.0117. The molecule has 1 unspecified atom stereocenters. The van der Waals surface area contributed by atoms with Crippen LogP contribution >= 0.6 is 0 Å². The fourth-order valence-corrected chi connectivity index (χ4v) is 2.62. The number of carboxylic acid groups (broad SMARTS) is 1. The predicted molar refractivity (Wildman–Crippen MR) is 78.5 cm³/mol. The van der Waals surface area contributed by atoms with E-state index in [9.17, 15) is 9.59 Å². The second-order valence-electron chi connectivity index (χ2n) is 5.27. The van der Waals surface area contributed by atoms with Crippen molar-refractivity contribution in [2.45, 2.75) is 38.6 Å². The minimum atomic E-state index is -0.861. The third-order valence-electron chi connectivity index (χ3n) is 3.60. The Balaban J connectivity index is 2.09. The van der Waals surface area contributed by atoms with E-state index >= 15 is 0 Å². The van der Waals surface area contributed by atoms with Crippen LogP contribution in [0.15, 0.2) is 24.3 Å². The Hall–Kier alpha value is -2.04. The maximum absolute atomic E-state index is 12.5. The van der Waals surface area contributed by atoms with Crippen molar-refractivity contribution < 1.29 is 19.4 Å². The van der Waals surface area contributed by atoms with E-state index in [2.05, 4.69) is 0 Å². The summed E-state index contributed by atoms with van der Waals surface area (Å²) in [6, 6.07) is 6.90. The molecule has 1 fully saturated rings. The fraction of sp³-hybridized carbons (Fsp3) is 0.500. The Morgan fingerprint density at radius 2 is 2.24 bits per heavy atom. The zero-order valence-electron chi connectivity index (χ0n) is 12.2. The van der Waals surface area contributed by atoms with E-state index < -0.39 is 5.97 Å². The predicted octanol–water partition coefficient (Wildman–Crippen LogP) is 2.55. The summed E-state index contributed by atoms with van der Waals surface area (Å²) < 4.78 is 5.54. The summed E-state index contributed by atoms with van der Waals surface area (Å²) in [4.78, 5) is 25.1. The average molecular weight is 291 g/mol. The lowest BCUT2D eigenvalue weighted by Gasteiger charge is -2.23. The van der Waals surface area contributed by atoms with Gasteiger partial charge in [-0.2, -0.15) is 0 Å². The van der Waals surface area contributed by atoms with Crippen molar-refractivity contribution in [3.05, 3.63) is 29.8 Å². The van der Waals surface area contributed by atoms with Crippen molar-refractivity contribution in [1.29, 1.82) is 0 Å². The molecule has 1 atom stereocenters. The van der Waals surface area contributed by atoms with Gasteiger partial charge < -0.3 is 14.7 Å². The smallest absolute Gasteiger partial charge is 0.305 e. The number of rotatable bonds is 6. The molecule has 1 aromatic carbocycles. The number of carboxylic acids is 1. The summed E-state index contributed by atoms with van der Waals surface area (Å²) in [5.74, 6) is -0.294. The molecule has 5 heteroatoms. The van der Waals surface area contributed by atoms with Crippen molar-refractivity contribution >= 4 is 11.9 Å². The molecule has 0 spiro atoms. The third-order valence-corrected chi connectivity index (χ3v) is 3.60. The number of amides is 1. The lowest BCUT2D eigenvalue weighted by atomic mass is 10.1. The SMILES string of the molecule is CCCOc1cccc(C(=O)N2CCCC2CC(=O)O)c1. The van der Waals surface area contributed by atoms with E-state index in [1.165, 1.54) is 0 Å². The van der Waals surface area contributed by atoms with Gasteiger partial charge in [0.1, 0.15) is 5.75 Å². The van der Waals surface area contributed by atoms with Crippen molar-refractivity contribution in [3.8, 4) is 5.75 Å². The van der Waals surface area contributed by atoms with Crippen LogP contribution in [-0.4, -0.2) is 41.1 Å². The third kappa shape index (κ3) is 3.97. The number of hydrogen-bond acceptors (Lipinski definition) is 3. The molecule has 1 aromatic rings. The maximum Gasteiger partial charge on any atom is 0.305 e. The standard InChI is InChI=1S/C16H21NO4/c1-2-9-21-14-7-3-5-12(10-14)16(20)17-8-4-6-13(17)11-15(18)19/h3,5,7,10,13H,2,4,6,8-9,11H2,1H3,(H,18,19). The van der Waals surface area contributed by atoms with E-state index in [0.29, 0.717) is 24.5 Å². The molecule has 1 aliphatic rings. The van der Waals surface area contributed by atoms with Gasteiger partial charge >= 0.3 is 5.97 Å². The minimum Gasteiger partial charge on any atom is -0.494 e. The number of nitrogens with zero attached hydrogens (tertiary/aromatic N) is 1. The number of hydrogen-bond donors (Lipinski definition) is 1. The Labute approximate surface area is 124 Å². The van der Waals surface area contributed by atoms with Crippen LogP contribution in [-0.2, 0) is 4.79 Å². The summed E-state index contributed by atoms with van der Waals surface area (Å²) in [7, 11) is 0. The Kier molecular flexibility index (Phi) is 5.20. The van der Waals surface area contributed by atoms with Gasteiger partial charge in [0.15, 0.2) is 0 Å². The molecule has 0 saturated carbocycles. The first-order chi connectivity index (χ1) is 10.1. The highest BCUT2D eigenvalue weighted by Crippen LogP contribution is 2.24. The van der Waals surface area contributed by atoms with Gasteiger partial charge in [-0.3, -0.25) is 9.59 Å². The lowest BCUT2D eigenvalue weighted by molar-refractivity contribution is -0.137. The van der Waals surface area contributed by atoms with Crippen LogP contribution in [0, 0.1) is 0 Å². The van der Waals surface area contributed by atoms with Crippen LogP contribution < -0.4 is 4.74 Å². The lowest BCUT2D eigenvalue weighted by Crippen LogP contribution is -2.36. The van der Waals surface area contributed by atoms with E-state index in [4.69, 9.17) is 9.84 Å². The average Bonchev–Trinajstić information content (AvgIpc) is 2.92. The zero-order valence-corrected chi connectivity index (χ0v) is 12.2. The van der Waals surface area contributed by atoms with Crippen molar-refractivity contribution in [1.82, 2.24) is 4.90 Å². The Morgan fingerprint density at radius 1 is 1.43 bits per heavy atom. The van der Waals surface area contributed by atoms with Gasteiger partial charge in [-0.1, -0.05) is 13.0 Å². The maximum atomic E-state index is 12.5. The van der Waals surface area contributed by atoms with Gasteiger partial charge in [0.05, 0.1) is 13.0 Å². The molecule has 0 aliphatic carbocycles. The first-order valence-corrected chi connectivity index (χ1v) is 7.37. The largest absolute Gasteiger partial charge is 0.494 e. The van der Waals surface area contributed by atoms with Crippen LogP contribution in [0.2, 0.25) is 0 Å². The van der Waals surface area contributed by atoms with Gasteiger partial charge in [-0.25, -0.2) is 0 Å². The van der Waals surface area contributed by atoms with Gasteiger partial charge in [-0.15, -0.1) is 0 Å². The van der Waals surface area contributed by atoms with Crippen LogP contribution in [0.5, 0.6) is 5.75 Å². The molecule has 5 nitrogen and oxygen atoms in total. The Bertz CT molecular complexity index is 515. The van der Waals surface area contributed by atoms with Crippen molar-refractivity contribution in [2.75, 3.05) is 13.2 Å². The summed E-state index contributed by atoms with van der Waals surface area (Å²) in [6.45, 7) is 3.26. The summed E-state index contributed by atoms with van der Waals surface area (Å²) >= 11 is 0. The van der Waals surface area contributed by atoms with Crippen LogP contribution in [0.3, 0.4) is 0 Å². The molecule has 0 bridgehead atoms. The van der Waals surface area contributed by atoms with Crippen molar-refractivity contribution in [3.63, 3.8) is 0 Å². The van der Waals surface area contributed by atoms with Crippen molar-refractivity contribution in [2.24, 2.45) is 0 Å². The van der Waals surface area contributed by atoms with E-state index in [1.807, 2.05) is 13.0 Å². The molecular formula is C16H21NO4. The number of carbonyl (C=O) groups excluding carboxylic acids is 1. The van der Waals surface area contributed by atoms with Gasteiger partial charge in [0, 0.05) is 18.2 Å². The summed E-state index contributed by atoms with van der Waals surface area (Å²) in [5.41, 5.74) is 0.556. The van der Waals surface area contributed by atoms with Gasteiger partial charge in [-0.05, 0) is 37.5 Å². The second kappa shape index (κ2) is 7.11. The molecular weight excluding hydrogens is 270 g/mol. The summed E-state index contributed by atoms with van der Waals surface area (Å²) in [6.07, 6.45) is 2.53. The van der Waals surface area contributed by atoms with Crippen LogP contribution in [0.1, 0.15) is 43.0 Å². The number of carbonyl (C=O) groups is 2. The molecule has 0 radical (unpaired) electrons. The molecule has 1 saturated heterocycles. The van der Waals surface area contributed by atoms with E-state index in [1.54, 1.807) is 23.1 Å². The van der Waals surface area contributed by atoms with Gasteiger partial charge in [0.25, 0.3) is 5.91 Å². The topological polar surface area (TPSA) is 66.8 Å². The molecule has 21 heavy (non-hydrogen) atoms. The molecule has 1 amide bonds. The van der Waals surface area contributed by atoms with Gasteiger partial charge in [0.2, 0.25) is 0 Å². The van der Waals surface area contributed by atoms with E-state index in [-0.39, 0.29) is 18.4 Å². The molecule has 114 valence electrons. The highest BCUT2D eigenvalue weighted by Gasteiger charge is 2.30. The first kappa shape index (κ1) is 15.4. The number of benzene rings is 1. The highest BCUT2D eigenvalue weighted by molar-refractivity contribution is 5.95. The van der Waals surface area contributed by atoms with E-state index in [0.717, 1.165) is 19.3 Å². The Morgan fingerprint density at radius 3 is 2.95 bits per heavy atom. The highest BCUT2D eigenvalue weighted by atomic mass is 16.5. The number of ether oxygens (including phenoxy) is 1.